The van der Waals surface area contributed by atoms with Crippen LogP contribution < -0.4 is 10.9 Å². The molecule has 0 radical (unpaired) electrons. The van der Waals surface area contributed by atoms with Gasteiger partial charge in [0, 0.05) is 32.4 Å². The molecule has 2 aromatic rings. The molecule has 0 unspecified atom stereocenters. The fourth-order valence-electron chi connectivity index (χ4n) is 1.51. The van der Waals surface area contributed by atoms with Crippen molar-refractivity contribution in [1.29, 1.82) is 0 Å². The molecule has 0 amide bonds. The summed E-state index contributed by atoms with van der Waals surface area (Å²) in [4.78, 5) is 15.5. The molecule has 0 atom stereocenters. The molecule has 6 nitrogen and oxygen atoms in total. The second-order valence-electron chi connectivity index (χ2n) is 3.74. The van der Waals surface area contributed by atoms with Gasteiger partial charge in [-0.25, -0.2) is 4.98 Å². The zero-order chi connectivity index (χ0) is 12.1. The van der Waals surface area contributed by atoms with Gasteiger partial charge in [0.1, 0.15) is 6.33 Å². The van der Waals surface area contributed by atoms with Crippen LogP contribution in [0.3, 0.4) is 0 Å². The van der Waals surface area contributed by atoms with E-state index in [2.05, 4.69) is 15.4 Å². The summed E-state index contributed by atoms with van der Waals surface area (Å²) in [6.07, 6.45) is 3.45. The van der Waals surface area contributed by atoms with Crippen LogP contribution in [0.2, 0.25) is 0 Å². The fraction of sp³-hybridized carbons (Fsp3) is 0.364. The first-order valence-corrected chi connectivity index (χ1v) is 5.46. The standard InChI is InChI=1S/C11H15N5O/c1-15-9-13-10(14-15)8-12-5-7-16-6-3-2-4-11(16)17/h2-4,6,9,12H,5,7-8H2,1H3. The molecule has 0 saturated carbocycles. The molecule has 0 aromatic carbocycles. The van der Waals surface area contributed by atoms with Gasteiger partial charge in [0.25, 0.3) is 5.56 Å². The van der Waals surface area contributed by atoms with E-state index in [-0.39, 0.29) is 5.56 Å². The lowest BCUT2D eigenvalue weighted by Crippen LogP contribution is -2.26. The lowest BCUT2D eigenvalue weighted by atomic mass is 10.4. The van der Waals surface area contributed by atoms with E-state index in [0.29, 0.717) is 19.6 Å². The van der Waals surface area contributed by atoms with E-state index in [1.165, 1.54) is 0 Å². The largest absolute Gasteiger partial charge is 0.314 e. The Labute approximate surface area is 98.9 Å². The molecule has 2 rings (SSSR count). The van der Waals surface area contributed by atoms with Gasteiger partial charge in [-0.1, -0.05) is 6.07 Å². The first kappa shape index (κ1) is 11.5. The molecule has 90 valence electrons. The second kappa shape index (κ2) is 5.40. The Morgan fingerprint density at radius 3 is 3.00 bits per heavy atom. The number of pyridine rings is 1. The van der Waals surface area contributed by atoms with Crippen molar-refractivity contribution in [2.45, 2.75) is 13.1 Å². The predicted octanol–water partition coefficient (Wildman–Crippen LogP) is -0.233. The molecule has 0 spiro atoms. The number of nitrogens with zero attached hydrogens (tertiary/aromatic N) is 4. The van der Waals surface area contributed by atoms with E-state index in [4.69, 9.17) is 0 Å². The smallest absolute Gasteiger partial charge is 0.250 e. The fourth-order valence-corrected chi connectivity index (χ4v) is 1.51. The van der Waals surface area contributed by atoms with Crippen LogP contribution in [0.5, 0.6) is 0 Å². The van der Waals surface area contributed by atoms with Crippen LogP contribution in [0.4, 0.5) is 0 Å². The summed E-state index contributed by atoms with van der Waals surface area (Å²) in [6, 6.07) is 5.14. The Morgan fingerprint density at radius 2 is 2.29 bits per heavy atom. The third kappa shape index (κ3) is 3.25. The predicted molar refractivity (Wildman–Crippen MR) is 63.4 cm³/mol. The van der Waals surface area contributed by atoms with Gasteiger partial charge < -0.3 is 9.88 Å². The quantitative estimate of drug-likeness (QED) is 0.724. The third-order valence-corrected chi connectivity index (χ3v) is 2.36. The Bertz CT molecular complexity index is 530. The number of aryl methyl sites for hydroxylation is 1. The van der Waals surface area contributed by atoms with Crippen LogP contribution in [-0.2, 0) is 20.1 Å². The molecule has 2 heterocycles. The zero-order valence-corrected chi connectivity index (χ0v) is 9.71. The average Bonchev–Trinajstić information content (AvgIpc) is 2.73. The molecule has 0 saturated heterocycles. The van der Waals surface area contributed by atoms with Crippen molar-refractivity contribution in [3.63, 3.8) is 0 Å². The summed E-state index contributed by atoms with van der Waals surface area (Å²) in [5.74, 6) is 0.757. The molecule has 0 aliphatic heterocycles. The molecule has 1 N–H and O–H groups in total. The maximum atomic E-state index is 11.4. The van der Waals surface area contributed by atoms with Gasteiger partial charge in [0.05, 0.1) is 6.54 Å². The van der Waals surface area contributed by atoms with Gasteiger partial charge >= 0.3 is 0 Å². The van der Waals surface area contributed by atoms with Crippen LogP contribution in [0, 0.1) is 0 Å². The zero-order valence-electron chi connectivity index (χ0n) is 9.71. The Morgan fingerprint density at radius 1 is 1.41 bits per heavy atom. The maximum Gasteiger partial charge on any atom is 0.250 e. The summed E-state index contributed by atoms with van der Waals surface area (Å²) in [6.45, 7) is 1.97. The molecule has 0 fully saturated rings. The number of aromatic nitrogens is 4. The lowest BCUT2D eigenvalue weighted by molar-refractivity contribution is 0.572. The molecule has 0 aliphatic rings. The highest BCUT2D eigenvalue weighted by Gasteiger charge is 1.98. The van der Waals surface area contributed by atoms with Gasteiger partial charge in [-0.2, -0.15) is 5.10 Å². The number of nitrogens with one attached hydrogen (secondary N) is 1. The third-order valence-electron chi connectivity index (χ3n) is 2.36. The molecular weight excluding hydrogens is 218 g/mol. The van der Waals surface area contributed by atoms with Gasteiger partial charge in [-0.3, -0.25) is 9.48 Å². The maximum absolute atomic E-state index is 11.4. The Balaban J connectivity index is 1.77. The van der Waals surface area contributed by atoms with Crippen molar-refractivity contribution < 1.29 is 0 Å². The molecular formula is C11H15N5O. The number of hydrogen-bond acceptors (Lipinski definition) is 4. The van der Waals surface area contributed by atoms with E-state index in [1.807, 2.05) is 13.1 Å². The normalized spacial score (nSPS) is 10.6. The topological polar surface area (TPSA) is 64.7 Å². The Kier molecular flexibility index (Phi) is 3.66. The van der Waals surface area contributed by atoms with E-state index in [0.717, 1.165) is 5.82 Å². The molecule has 2 aromatic heterocycles. The van der Waals surface area contributed by atoms with Crippen LogP contribution in [0.25, 0.3) is 0 Å². The minimum Gasteiger partial charge on any atom is -0.314 e. The summed E-state index contributed by atoms with van der Waals surface area (Å²) >= 11 is 0. The second-order valence-corrected chi connectivity index (χ2v) is 3.74. The van der Waals surface area contributed by atoms with Crippen LogP contribution >= 0.6 is 0 Å². The minimum atomic E-state index is 0.0188. The SMILES string of the molecule is Cn1cnc(CNCCn2ccccc2=O)n1. The lowest BCUT2D eigenvalue weighted by Gasteiger charge is -2.05. The van der Waals surface area contributed by atoms with Gasteiger partial charge in [0.2, 0.25) is 0 Å². The van der Waals surface area contributed by atoms with Crippen molar-refractivity contribution in [3.05, 3.63) is 46.9 Å². The molecule has 0 bridgehead atoms. The van der Waals surface area contributed by atoms with Crippen molar-refractivity contribution in [1.82, 2.24) is 24.6 Å². The molecule has 6 heteroatoms. The number of hydrogen-bond donors (Lipinski definition) is 1. The summed E-state index contributed by atoms with van der Waals surface area (Å²) in [7, 11) is 1.83. The van der Waals surface area contributed by atoms with Crippen molar-refractivity contribution in [2.24, 2.45) is 7.05 Å². The summed E-state index contributed by atoms with van der Waals surface area (Å²) in [5, 5.41) is 7.34. The average molecular weight is 233 g/mol. The van der Waals surface area contributed by atoms with Crippen LogP contribution in [0.15, 0.2) is 35.5 Å². The van der Waals surface area contributed by atoms with Gasteiger partial charge in [-0.05, 0) is 6.07 Å². The molecule has 17 heavy (non-hydrogen) atoms. The van der Waals surface area contributed by atoms with Crippen molar-refractivity contribution in [2.75, 3.05) is 6.54 Å². The summed E-state index contributed by atoms with van der Waals surface area (Å²) < 4.78 is 3.33. The number of rotatable bonds is 5. The van der Waals surface area contributed by atoms with Gasteiger partial charge in [0.15, 0.2) is 5.82 Å². The van der Waals surface area contributed by atoms with Crippen molar-refractivity contribution in [3.8, 4) is 0 Å². The molecule has 0 aliphatic carbocycles. The van der Waals surface area contributed by atoms with E-state index < -0.39 is 0 Å². The van der Waals surface area contributed by atoms with Crippen LogP contribution in [-0.4, -0.2) is 25.9 Å². The van der Waals surface area contributed by atoms with E-state index >= 15 is 0 Å². The summed E-state index contributed by atoms with van der Waals surface area (Å²) in [5.41, 5.74) is 0.0188. The van der Waals surface area contributed by atoms with Gasteiger partial charge in [-0.15, -0.1) is 0 Å². The monoisotopic (exact) mass is 233 g/mol. The highest BCUT2D eigenvalue weighted by Crippen LogP contribution is 1.87. The van der Waals surface area contributed by atoms with E-state index in [9.17, 15) is 4.79 Å². The van der Waals surface area contributed by atoms with E-state index in [1.54, 1.807) is 33.9 Å². The Hall–Kier alpha value is -1.95. The highest BCUT2D eigenvalue weighted by atomic mass is 16.1. The first-order chi connectivity index (χ1) is 8.25. The van der Waals surface area contributed by atoms with Crippen molar-refractivity contribution >= 4 is 0 Å². The highest BCUT2D eigenvalue weighted by molar-refractivity contribution is 4.93. The van der Waals surface area contributed by atoms with Crippen LogP contribution in [0.1, 0.15) is 5.82 Å². The minimum absolute atomic E-state index is 0.0188. The first-order valence-electron chi connectivity index (χ1n) is 5.46.